The number of nitrogens with one attached hydrogen (secondary N) is 1. The minimum Gasteiger partial charge on any atom is -0.341 e. The first-order chi connectivity index (χ1) is 9.29. The standard InChI is InChI=1S/C16H28N2O.ClH/c1-17-13-8-5-9-18(11-13)16(19)15-10-14(15)12-6-3-2-4-7-12;/h12-15,17H,2-11H2,1H3;1H. The Labute approximate surface area is 129 Å². The SMILES string of the molecule is CNC1CCCN(C(=O)C2CC2C2CCCCC2)C1.Cl. The van der Waals surface area contributed by atoms with Crippen LogP contribution in [0.25, 0.3) is 0 Å². The predicted molar refractivity (Wildman–Crippen MR) is 84.1 cm³/mol. The molecule has 3 fully saturated rings. The number of nitrogens with zero attached hydrogens (tertiary/aromatic N) is 1. The molecule has 1 heterocycles. The van der Waals surface area contributed by atoms with Crippen LogP contribution in [-0.4, -0.2) is 37.0 Å². The van der Waals surface area contributed by atoms with Crippen molar-refractivity contribution in [2.24, 2.45) is 17.8 Å². The molecule has 20 heavy (non-hydrogen) atoms. The van der Waals surface area contributed by atoms with E-state index in [-0.39, 0.29) is 12.4 Å². The fourth-order valence-corrected chi connectivity index (χ4v) is 4.23. The highest BCUT2D eigenvalue weighted by Crippen LogP contribution is 2.50. The van der Waals surface area contributed by atoms with Crippen molar-refractivity contribution < 1.29 is 4.79 Å². The fraction of sp³-hybridized carbons (Fsp3) is 0.938. The summed E-state index contributed by atoms with van der Waals surface area (Å²) in [5.74, 6) is 2.46. The smallest absolute Gasteiger partial charge is 0.226 e. The largest absolute Gasteiger partial charge is 0.341 e. The van der Waals surface area contributed by atoms with Crippen LogP contribution in [0.1, 0.15) is 51.4 Å². The van der Waals surface area contributed by atoms with E-state index in [2.05, 4.69) is 10.2 Å². The van der Waals surface area contributed by atoms with Crippen LogP contribution in [-0.2, 0) is 4.79 Å². The second-order valence-corrected chi connectivity index (χ2v) is 6.82. The molecule has 0 aromatic rings. The number of halogens is 1. The second-order valence-electron chi connectivity index (χ2n) is 6.82. The maximum absolute atomic E-state index is 12.6. The molecule has 0 aromatic carbocycles. The molecule has 1 N–H and O–H groups in total. The highest BCUT2D eigenvalue weighted by atomic mass is 35.5. The van der Waals surface area contributed by atoms with Gasteiger partial charge in [0, 0.05) is 25.0 Å². The predicted octanol–water partition coefficient (Wildman–Crippen LogP) is 2.84. The van der Waals surface area contributed by atoms with E-state index in [1.54, 1.807) is 0 Å². The molecule has 1 aliphatic heterocycles. The van der Waals surface area contributed by atoms with Crippen molar-refractivity contribution in [3.8, 4) is 0 Å². The van der Waals surface area contributed by atoms with Crippen LogP contribution >= 0.6 is 12.4 Å². The molecule has 3 unspecified atom stereocenters. The van der Waals surface area contributed by atoms with E-state index in [0.717, 1.165) is 31.3 Å². The number of likely N-dealkylation sites (tertiary alicyclic amines) is 1. The number of likely N-dealkylation sites (N-methyl/N-ethyl adjacent to an activating group) is 1. The topological polar surface area (TPSA) is 32.3 Å². The zero-order valence-electron chi connectivity index (χ0n) is 12.6. The highest BCUT2D eigenvalue weighted by Gasteiger charge is 2.49. The van der Waals surface area contributed by atoms with E-state index in [9.17, 15) is 4.79 Å². The Balaban J connectivity index is 0.00000147. The third-order valence-corrected chi connectivity index (χ3v) is 5.55. The van der Waals surface area contributed by atoms with Crippen LogP contribution in [0.3, 0.4) is 0 Å². The van der Waals surface area contributed by atoms with Crippen molar-refractivity contribution in [2.45, 2.75) is 57.4 Å². The van der Waals surface area contributed by atoms with E-state index >= 15 is 0 Å². The van der Waals surface area contributed by atoms with E-state index < -0.39 is 0 Å². The number of hydrogen-bond donors (Lipinski definition) is 1. The third-order valence-electron chi connectivity index (χ3n) is 5.55. The zero-order chi connectivity index (χ0) is 13.2. The maximum Gasteiger partial charge on any atom is 0.226 e. The van der Waals surface area contributed by atoms with Gasteiger partial charge in [-0.1, -0.05) is 32.1 Å². The molecule has 0 bridgehead atoms. The van der Waals surface area contributed by atoms with Crippen LogP contribution in [0.2, 0.25) is 0 Å². The second kappa shape index (κ2) is 7.13. The van der Waals surface area contributed by atoms with Crippen LogP contribution in [0.4, 0.5) is 0 Å². The molecule has 2 saturated carbocycles. The lowest BCUT2D eigenvalue weighted by molar-refractivity contribution is -0.134. The quantitative estimate of drug-likeness (QED) is 0.869. The van der Waals surface area contributed by atoms with Crippen molar-refractivity contribution in [3.63, 3.8) is 0 Å². The Hall–Kier alpha value is -0.280. The van der Waals surface area contributed by atoms with Crippen LogP contribution in [0.15, 0.2) is 0 Å². The summed E-state index contributed by atoms with van der Waals surface area (Å²) in [5, 5.41) is 3.33. The van der Waals surface area contributed by atoms with E-state index in [1.807, 2.05) is 7.05 Å². The summed E-state index contributed by atoms with van der Waals surface area (Å²) in [6.07, 6.45) is 10.5. The van der Waals surface area contributed by atoms with Gasteiger partial charge in [0.1, 0.15) is 0 Å². The minimum absolute atomic E-state index is 0. The summed E-state index contributed by atoms with van der Waals surface area (Å²) in [6.45, 7) is 1.92. The van der Waals surface area contributed by atoms with Crippen LogP contribution < -0.4 is 5.32 Å². The van der Waals surface area contributed by atoms with Crippen LogP contribution in [0, 0.1) is 17.8 Å². The van der Waals surface area contributed by atoms with Crippen molar-refractivity contribution in [1.29, 1.82) is 0 Å². The van der Waals surface area contributed by atoms with Gasteiger partial charge in [-0.05, 0) is 38.1 Å². The Bertz CT molecular complexity index is 330. The highest BCUT2D eigenvalue weighted by molar-refractivity contribution is 5.85. The van der Waals surface area contributed by atoms with Gasteiger partial charge in [0.25, 0.3) is 0 Å². The maximum atomic E-state index is 12.6. The van der Waals surface area contributed by atoms with Gasteiger partial charge < -0.3 is 10.2 Å². The number of carbonyl (C=O) groups is 1. The zero-order valence-corrected chi connectivity index (χ0v) is 13.5. The molecule has 0 spiro atoms. The lowest BCUT2D eigenvalue weighted by atomic mass is 9.85. The van der Waals surface area contributed by atoms with Gasteiger partial charge in [0.2, 0.25) is 5.91 Å². The molecule has 0 radical (unpaired) electrons. The van der Waals surface area contributed by atoms with Gasteiger partial charge >= 0.3 is 0 Å². The lowest BCUT2D eigenvalue weighted by Gasteiger charge is -2.33. The molecule has 1 saturated heterocycles. The average Bonchev–Trinajstić information content (AvgIpc) is 3.28. The van der Waals surface area contributed by atoms with Gasteiger partial charge in [-0.3, -0.25) is 4.79 Å². The van der Waals surface area contributed by atoms with Crippen molar-refractivity contribution >= 4 is 18.3 Å². The molecule has 1 amide bonds. The van der Waals surface area contributed by atoms with Gasteiger partial charge in [0.15, 0.2) is 0 Å². The van der Waals surface area contributed by atoms with Crippen LogP contribution in [0.5, 0.6) is 0 Å². The normalized spacial score (nSPS) is 34.5. The molecule has 3 nitrogen and oxygen atoms in total. The number of rotatable bonds is 3. The van der Waals surface area contributed by atoms with Gasteiger partial charge in [-0.25, -0.2) is 0 Å². The fourth-order valence-electron chi connectivity index (χ4n) is 4.23. The Morgan fingerprint density at radius 3 is 2.55 bits per heavy atom. The summed E-state index contributed by atoms with van der Waals surface area (Å²) in [5.41, 5.74) is 0. The third kappa shape index (κ3) is 3.48. The molecule has 4 heteroatoms. The monoisotopic (exact) mass is 300 g/mol. The molecule has 116 valence electrons. The molecular formula is C16H29ClN2O. The molecule has 2 aliphatic carbocycles. The summed E-state index contributed by atoms with van der Waals surface area (Å²) in [6, 6.07) is 0.518. The van der Waals surface area contributed by atoms with Crippen molar-refractivity contribution in [2.75, 3.05) is 20.1 Å². The first-order valence-electron chi connectivity index (χ1n) is 8.25. The molecule has 3 aliphatic rings. The van der Waals surface area contributed by atoms with E-state index in [0.29, 0.717) is 17.9 Å². The van der Waals surface area contributed by atoms with Crippen molar-refractivity contribution in [1.82, 2.24) is 10.2 Å². The number of carbonyl (C=O) groups excluding carboxylic acids is 1. The number of amides is 1. The molecule has 3 atom stereocenters. The van der Waals surface area contributed by atoms with E-state index in [1.165, 1.54) is 44.9 Å². The molecular weight excluding hydrogens is 272 g/mol. The Morgan fingerprint density at radius 1 is 1.10 bits per heavy atom. The number of piperidine rings is 1. The summed E-state index contributed by atoms with van der Waals surface area (Å²) < 4.78 is 0. The first kappa shape index (κ1) is 16.1. The molecule has 3 rings (SSSR count). The molecule has 0 aromatic heterocycles. The van der Waals surface area contributed by atoms with Gasteiger partial charge in [0.05, 0.1) is 0 Å². The minimum atomic E-state index is 0. The summed E-state index contributed by atoms with van der Waals surface area (Å²) in [7, 11) is 2.01. The average molecular weight is 301 g/mol. The van der Waals surface area contributed by atoms with E-state index in [4.69, 9.17) is 0 Å². The summed E-state index contributed by atoms with van der Waals surface area (Å²) in [4.78, 5) is 14.7. The van der Waals surface area contributed by atoms with Gasteiger partial charge in [-0.15, -0.1) is 12.4 Å². The number of hydrogen-bond acceptors (Lipinski definition) is 2. The van der Waals surface area contributed by atoms with Crippen molar-refractivity contribution in [3.05, 3.63) is 0 Å². The summed E-state index contributed by atoms with van der Waals surface area (Å²) >= 11 is 0. The Morgan fingerprint density at radius 2 is 1.85 bits per heavy atom. The van der Waals surface area contributed by atoms with Gasteiger partial charge in [-0.2, -0.15) is 0 Å². The first-order valence-corrected chi connectivity index (χ1v) is 8.25. The Kier molecular flexibility index (Phi) is 5.74. The lowest BCUT2D eigenvalue weighted by Crippen LogP contribution is -2.47.